The van der Waals surface area contributed by atoms with E-state index in [4.69, 9.17) is 4.74 Å². The van der Waals surface area contributed by atoms with E-state index in [0.717, 1.165) is 16.9 Å². The number of hydrogen-bond donors (Lipinski definition) is 1. The topological polar surface area (TPSA) is 66.8 Å². The van der Waals surface area contributed by atoms with Crippen LogP contribution in [0.4, 0.5) is 0 Å². The Morgan fingerprint density at radius 3 is 2.13 bits per heavy atom. The minimum atomic E-state index is -0.726. The van der Waals surface area contributed by atoms with Crippen molar-refractivity contribution >= 4 is 11.7 Å². The van der Waals surface area contributed by atoms with Gasteiger partial charge in [-0.15, -0.1) is 0 Å². The fourth-order valence-electron chi connectivity index (χ4n) is 3.79. The standard InChI is InChI=1S/C26H31NO4/c1-16(2)18-9-11-19(12-10-18)22-21(24(29)26(3,4)5)23(28)25(30)27(22)15-17-7-13-20(31-6)14-8-17/h7-14,16,22,28H,15H2,1-6H3. The first kappa shape index (κ1) is 22.6. The summed E-state index contributed by atoms with van der Waals surface area (Å²) in [5.41, 5.74) is 2.31. The van der Waals surface area contributed by atoms with Crippen LogP contribution in [0.25, 0.3) is 0 Å². The van der Waals surface area contributed by atoms with Gasteiger partial charge in [0.25, 0.3) is 5.91 Å². The van der Waals surface area contributed by atoms with Crippen LogP contribution in [0.1, 0.15) is 63.3 Å². The third kappa shape index (κ3) is 4.50. The minimum Gasteiger partial charge on any atom is -0.503 e. The summed E-state index contributed by atoms with van der Waals surface area (Å²) in [6.07, 6.45) is 0. The van der Waals surface area contributed by atoms with Crippen LogP contribution in [0, 0.1) is 5.41 Å². The molecule has 1 heterocycles. The molecule has 0 fully saturated rings. The predicted octanol–water partition coefficient (Wildman–Crippen LogP) is 5.33. The van der Waals surface area contributed by atoms with E-state index in [-0.39, 0.29) is 17.9 Å². The van der Waals surface area contributed by atoms with E-state index in [2.05, 4.69) is 13.8 Å². The first-order valence-electron chi connectivity index (χ1n) is 10.6. The lowest BCUT2D eigenvalue weighted by molar-refractivity contribution is -0.130. The van der Waals surface area contributed by atoms with Crippen molar-refractivity contribution in [3.63, 3.8) is 0 Å². The Kier molecular flexibility index (Phi) is 6.25. The lowest BCUT2D eigenvalue weighted by Gasteiger charge is -2.29. The highest BCUT2D eigenvalue weighted by Crippen LogP contribution is 2.42. The molecule has 1 aliphatic rings. The summed E-state index contributed by atoms with van der Waals surface area (Å²) >= 11 is 0. The fourth-order valence-corrected chi connectivity index (χ4v) is 3.79. The van der Waals surface area contributed by atoms with E-state index in [1.807, 2.05) is 48.5 Å². The Morgan fingerprint density at radius 1 is 1.06 bits per heavy atom. The van der Waals surface area contributed by atoms with Crippen LogP contribution >= 0.6 is 0 Å². The molecule has 2 aromatic rings. The van der Waals surface area contributed by atoms with Crippen molar-refractivity contribution in [1.29, 1.82) is 0 Å². The zero-order valence-corrected chi connectivity index (χ0v) is 19.1. The van der Waals surface area contributed by atoms with Crippen LogP contribution in [-0.2, 0) is 16.1 Å². The van der Waals surface area contributed by atoms with Gasteiger partial charge in [0.05, 0.1) is 18.7 Å². The fraction of sp³-hybridized carbons (Fsp3) is 0.385. The molecule has 3 rings (SSSR count). The molecule has 1 N–H and O–H groups in total. The predicted molar refractivity (Wildman–Crippen MR) is 121 cm³/mol. The summed E-state index contributed by atoms with van der Waals surface area (Å²) < 4.78 is 5.21. The molecule has 5 heteroatoms. The highest BCUT2D eigenvalue weighted by molar-refractivity contribution is 6.10. The summed E-state index contributed by atoms with van der Waals surface area (Å²) in [5.74, 6) is -0.113. The number of carbonyl (C=O) groups excluding carboxylic acids is 2. The van der Waals surface area contributed by atoms with Gasteiger partial charge in [0.15, 0.2) is 11.5 Å². The van der Waals surface area contributed by atoms with E-state index >= 15 is 0 Å². The monoisotopic (exact) mass is 421 g/mol. The van der Waals surface area contributed by atoms with Crippen LogP contribution < -0.4 is 4.74 Å². The first-order chi connectivity index (χ1) is 14.5. The Morgan fingerprint density at radius 2 is 1.65 bits per heavy atom. The van der Waals surface area contributed by atoms with Gasteiger partial charge in [-0.05, 0) is 34.7 Å². The second-order valence-corrected chi connectivity index (χ2v) is 9.35. The van der Waals surface area contributed by atoms with Gasteiger partial charge in [-0.3, -0.25) is 9.59 Å². The number of nitrogens with zero attached hydrogens (tertiary/aromatic N) is 1. The molecule has 0 saturated carbocycles. The Balaban J connectivity index is 2.05. The van der Waals surface area contributed by atoms with E-state index < -0.39 is 23.1 Å². The summed E-state index contributed by atoms with van der Waals surface area (Å²) in [6, 6.07) is 14.7. The summed E-state index contributed by atoms with van der Waals surface area (Å²) in [4.78, 5) is 27.9. The van der Waals surface area contributed by atoms with Crippen LogP contribution in [-0.4, -0.2) is 28.8 Å². The van der Waals surface area contributed by atoms with Gasteiger partial charge in [0.1, 0.15) is 5.75 Å². The molecule has 1 amide bonds. The molecule has 0 saturated heterocycles. The Bertz CT molecular complexity index is 995. The molecule has 0 aromatic heterocycles. The van der Waals surface area contributed by atoms with Gasteiger partial charge in [0.2, 0.25) is 0 Å². The number of ketones is 1. The third-order valence-electron chi connectivity index (χ3n) is 5.66. The second-order valence-electron chi connectivity index (χ2n) is 9.35. The maximum atomic E-state index is 13.2. The number of methoxy groups -OCH3 is 1. The molecular weight excluding hydrogens is 390 g/mol. The maximum absolute atomic E-state index is 13.2. The molecule has 1 aliphatic heterocycles. The molecule has 2 aromatic carbocycles. The average molecular weight is 422 g/mol. The highest BCUT2D eigenvalue weighted by Gasteiger charge is 2.45. The number of aliphatic hydroxyl groups is 1. The zero-order chi connectivity index (χ0) is 22.9. The van der Waals surface area contributed by atoms with Crippen LogP contribution in [0.3, 0.4) is 0 Å². The van der Waals surface area contributed by atoms with Crippen LogP contribution in [0.2, 0.25) is 0 Å². The SMILES string of the molecule is COc1ccc(CN2C(=O)C(O)=C(C(=O)C(C)(C)C)C2c2ccc(C(C)C)cc2)cc1. The number of amides is 1. The summed E-state index contributed by atoms with van der Waals surface area (Å²) in [6.45, 7) is 9.89. The van der Waals surface area contributed by atoms with Gasteiger partial charge >= 0.3 is 0 Å². The number of ether oxygens (including phenoxy) is 1. The molecule has 0 spiro atoms. The Hall–Kier alpha value is -3.08. The van der Waals surface area contributed by atoms with Crippen LogP contribution in [0.5, 0.6) is 5.75 Å². The normalized spacial score (nSPS) is 16.9. The number of hydrogen-bond acceptors (Lipinski definition) is 4. The Labute approximate surface area is 184 Å². The number of Topliss-reactive ketones (excluding diaryl/α,β-unsaturated/α-hetero) is 1. The second kappa shape index (κ2) is 8.58. The van der Waals surface area contributed by atoms with Gasteiger partial charge in [-0.2, -0.15) is 0 Å². The van der Waals surface area contributed by atoms with Gasteiger partial charge in [-0.25, -0.2) is 0 Å². The van der Waals surface area contributed by atoms with E-state index in [0.29, 0.717) is 5.92 Å². The van der Waals surface area contributed by atoms with Crippen molar-refractivity contribution in [3.8, 4) is 5.75 Å². The van der Waals surface area contributed by atoms with Crippen LogP contribution in [0.15, 0.2) is 59.9 Å². The van der Waals surface area contributed by atoms with Crippen molar-refractivity contribution in [2.75, 3.05) is 7.11 Å². The van der Waals surface area contributed by atoms with E-state index in [1.54, 1.807) is 32.8 Å². The summed E-state index contributed by atoms with van der Waals surface area (Å²) in [5, 5.41) is 10.7. The molecular formula is C26H31NO4. The zero-order valence-electron chi connectivity index (χ0n) is 19.1. The van der Waals surface area contributed by atoms with Gasteiger partial charge in [-0.1, -0.05) is 71.0 Å². The van der Waals surface area contributed by atoms with Crippen molar-refractivity contribution in [3.05, 3.63) is 76.6 Å². The quantitative estimate of drug-likeness (QED) is 0.685. The van der Waals surface area contributed by atoms with Gasteiger partial charge in [0, 0.05) is 12.0 Å². The lowest BCUT2D eigenvalue weighted by Crippen LogP contribution is -2.32. The molecule has 5 nitrogen and oxygen atoms in total. The molecule has 31 heavy (non-hydrogen) atoms. The minimum absolute atomic E-state index is 0.170. The van der Waals surface area contributed by atoms with Crippen molar-refractivity contribution in [2.24, 2.45) is 5.41 Å². The number of aliphatic hydroxyl groups excluding tert-OH is 1. The summed E-state index contributed by atoms with van der Waals surface area (Å²) in [7, 11) is 1.60. The molecule has 1 unspecified atom stereocenters. The average Bonchev–Trinajstić information content (AvgIpc) is 2.98. The van der Waals surface area contributed by atoms with E-state index in [9.17, 15) is 14.7 Å². The molecule has 164 valence electrons. The van der Waals surface area contributed by atoms with Gasteiger partial charge < -0.3 is 14.7 Å². The van der Waals surface area contributed by atoms with E-state index in [1.165, 1.54) is 5.56 Å². The van der Waals surface area contributed by atoms with Crippen molar-refractivity contribution in [1.82, 2.24) is 4.90 Å². The van der Waals surface area contributed by atoms with Crippen molar-refractivity contribution in [2.45, 2.75) is 53.1 Å². The smallest absolute Gasteiger partial charge is 0.290 e. The lowest BCUT2D eigenvalue weighted by atomic mass is 9.82. The molecule has 1 atom stereocenters. The molecule has 0 aliphatic carbocycles. The largest absolute Gasteiger partial charge is 0.503 e. The highest BCUT2D eigenvalue weighted by atomic mass is 16.5. The van der Waals surface area contributed by atoms with Crippen molar-refractivity contribution < 1.29 is 19.4 Å². The maximum Gasteiger partial charge on any atom is 0.290 e. The third-order valence-corrected chi connectivity index (χ3v) is 5.66. The number of carbonyl (C=O) groups is 2. The first-order valence-corrected chi connectivity index (χ1v) is 10.6. The number of benzene rings is 2. The number of rotatable bonds is 6. The molecule has 0 radical (unpaired) electrons. The molecule has 0 bridgehead atoms.